The van der Waals surface area contributed by atoms with Crippen LogP contribution in [0.15, 0.2) is 40.8 Å². The number of amides is 2. The van der Waals surface area contributed by atoms with Crippen LogP contribution >= 0.6 is 0 Å². The summed E-state index contributed by atoms with van der Waals surface area (Å²) in [6, 6.07) is 9.38. The number of nitro benzene ring substituents is 1. The monoisotopic (exact) mass is 343 g/mol. The number of rotatable bonds is 3. The van der Waals surface area contributed by atoms with Crippen LogP contribution in [0.25, 0.3) is 0 Å². The molecule has 0 radical (unpaired) electrons. The molecule has 2 aromatic rings. The number of nitrogens with one attached hydrogen (secondary N) is 1. The topological polar surface area (TPSA) is 88.6 Å². The molecule has 7 heteroatoms. The van der Waals surface area contributed by atoms with Crippen molar-refractivity contribution in [1.82, 2.24) is 4.90 Å². The summed E-state index contributed by atoms with van der Waals surface area (Å²) >= 11 is 0. The zero-order chi connectivity index (χ0) is 17.8. The van der Waals surface area contributed by atoms with Crippen molar-refractivity contribution in [2.45, 2.75) is 38.6 Å². The normalized spacial score (nSPS) is 17.8. The van der Waals surface area contributed by atoms with Crippen LogP contribution in [-0.4, -0.2) is 22.4 Å². The highest BCUT2D eigenvalue weighted by Crippen LogP contribution is 2.31. The maximum atomic E-state index is 12.8. The van der Waals surface area contributed by atoms with Gasteiger partial charge in [-0.25, -0.2) is 4.79 Å². The summed E-state index contributed by atoms with van der Waals surface area (Å²) < 4.78 is 5.75. The Morgan fingerprint density at radius 2 is 1.96 bits per heavy atom. The molecule has 0 saturated carbocycles. The number of furan rings is 1. The molecule has 0 spiro atoms. The second-order valence-corrected chi connectivity index (χ2v) is 6.24. The van der Waals surface area contributed by atoms with Gasteiger partial charge in [0.05, 0.1) is 11.0 Å². The molecule has 1 fully saturated rings. The molecule has 1 aromatic heterocycles. The molecule has 7 nitrogen and oxygen atoms in total. The first-order valence-electron chi connectivity index (χ1n) is 8.43. The lowest BCUT2D eigenvalue weighted by molar-refractivity contribution is -0.384. The summed E-state index contributed by atoms with van der Waals surface area (Å²) in [5.41, 5.74) is 0.533. The molecule has 1 aromatic carbocycles. The molecule has 0 aliphatic carbocycles. The number of benzene rings is 1. The third-order valence-electron chi connectivity index (χ3n) is 4.43. The summed E-state index contributed by atoms with van der Waals surface area (Å²) in [7, 11) is 0. The van der Waals surface area contributed by atoms with Crippen LogP contribution in [0.3, 0.4) is 0 Å². The first-order valence-corrected chi connectivity index (χ1v) is 8.43. The summed E-state index contributed by atoms with van der Waals surface area (Å²) in [6.07, 6.45) is 3.94. The van der Waals surface area contributed by atoms with Crippen molar-refractivity contribution in [2.24, 2.45) is 0 Å². The highest BCUT2D eigenvalue weighted by atomic mass is 16.6. The van der Waals surface area contributed by atoms with E-state index in [0.717, 1.165) is 37.2 Å². The molecule has 1 N–H and O–H groups in total. The van der Waals surface area contributed by atoms with E-state index >= 15 is 0 Å². The highest BCUT2D eigenvalue weighted by molar-refractivity contribution is 5.89. The number of nitrogens with zero attached hydrogens (tertiary/aromatic N) is 2. The average Bonchev–Trinajstić information content (AvgIpc) is 2.88. The summed E-state index contributed by atoms with van der Waals surface area (Å²) in [5, 5.41) is 13.6. The van der Waals surface area contributed by atoms with Crippen LogP contribution in [0.5, 0.6) is 0 Å². The lowest BCUT2D eigenvalue weighted by atomic mass is 10.1. The van der Waals surface area contributed by atoms with Crippen LogP contribution < -0.4 is 5.32 Å². The van der Waals surface area contributed by atoms with Crippen LogP contribution in [0.1, 0.15) is 43.2 Å². The Balaban J connectivity index is 1.76. The molecule has 0 unspecified atom stereocenters. The Kier molecular flexibility index (Phi) is 5.02. The summed E-state index contributed by atoms with van der Waals surface area (Å²) in [5.74, 6) is 1.63. The van der Waals surface area contributed by atoms with Crippen LogP contribution in [-0.2, 0) is 0 Å². The van der Waals surface area contributed by atoms with E-state index in [4.69, 9.17) is 4.42 Å². The predicted molar refractivity (Wildman–Crippen MR) is 93.5 cm³/mol. The molecule has 3 rings (SSSR count). The van der Waals surface area contributed by atoms with Gasteiger partial charge in [0.25, 0.3) is 5.69 Å². The van der Waals surface area contributed by atoms with Gasteiger partial charge < -0.3 is 14.6 Å². The molecule has 0 bridgehead atoms. The number of non-ortho nitro benzene ring substituents is 1. The van der Waals surface area contributed by atoms with Crippen LogP contribution in [0.4, 0.5) is 16.2 Å². The molecule has 132 valence electrons. The Morgan fingerprint density at radius 3 is 2.60 bits per heavy atom. The van der Waals surface area contributed by atoms with Gasteiger partial charge in [0, 0.05) is 24.4 Å². The zero-order valence-corrected chi connectivity index (χ0v) is 14.1. The first kappa shape index (κ1) is 17.0. The number of anilines is 1. The van der Waals surface area contributed by atoms with E-state index < -0.39 is 4.92 Å². The lowest BCUT2D eigenvalue weighted by Crippen LogP contribution is -2.37. The van der Waals surface area contributed by atoms with Gasteiger partial charge in [-0.1, -0.05) is 12.8 Å². The maximum absolute atomic E-state index is 12.8. The van der Waals surface area contributed by atoms with Gasteiger partial charge >= 0.3 is 6.03 Å². The van der Waals surface area contributed by atoms with Crippen molar-refractivity contribution < 1.29 is 14.1 Å². The minimum atomic E-state index is -0.463. The number of urea groups is 1. The average molecular weight is 343 g/mol. The number of aryl methyl sites for hydroxylation is 1. The summed E-state index contributed by atoms with van der Waals surface area (Å²) in [6.45, 7) is 2.55. The number of carbonyl (C=O) groups is 1. The number of hydrogen-bond donors (Lipinski definition) is 1. The van der Waals surface area contributed by atoms with Crippen molar-refractivity contribution >= 4 is 17.4 Å². The van der Waals surface area contributed by atoms with E-state index in [1.165, 1.54) is 12.1 Å². The first-order chi connectivity index (χ1) is 12.0. The van der Waals surface area contributed by atoms with Crippen LogP contribution in [0, 0.1) is 17.0 Å². The third-order valence-corrected chi connectivity index (χ3v) is 4.43. The van der Waals surface area contributed by atoms with Gasteiger partial charge in [0.15, 0.2) is 0 Å². The smallest absolute Gasteiger partial charge is 0.322 e. The van der Waals surface area contributed by atoms with E-state index in [1.54, 1.807) is 17.0 Å². The second-order valence-electron chi connectivity index (χ2n) is 6.24. The molecular formula is C18H21N3O4. The zero-order valence-electron chi connectivity index (χ0n) is 14.1. The van der Waals surface area contributed by atoms with Crippen molar-refractivity contribution in [3.8, 4) is 0 Å². The fourth-order valence-electron chi connectivity index (χ4n) is 3.14. The van der Waals surface area contributed by atoms with Gasteiger partial charge in [0.1, 0.15) is 11.5 Å². The number of nitro groups is 1. The fraction of sp³-hybridized carbons (Fsp3) is 0.389. The second kappa shape index (κ2) is 7.38. The van der Waals surface area contributed by atoms with Gasteiger partial charge in [-0.15, -0.1) is 0 Å². The summed E-state index contributed by atoms with van der Waals surface area (Å²) in [4.78, 5) is 24.8. The van der Waals surface area contributed by atoms with E-state index in [-0.39, 0.29) is 17.8 Å². The van der Waals surface area contributed by atoms with Gasteiger partial charge in [0.2, 0.25) is 0 Å². The standard InChI is InChI=1S/C18H21N3O4/c1-13-6-11-17(25-13)16-5-3-2-4-12-20(16)18(22)19-14-7-9-15(10-8-14)21(23)24/h6-11,16H,2-5,12H2,1H3,(H,19,22)/t16-/m0/s1. The largest absolute Gasteiger partial charge is 0.464 e. The Labute approximate surface area is 145 Å². The van der Waals surface area contributed by atoms with E-state index in [2.05, 4.69) is 5.32 Å². The quantitative estimate of drug-likeness (QED) is 0.649. The number of likely N-dealkylation sites (tertiary alicyclic amines) is 1. The minimum absolute atomic E-state index is 0.00305. The molecule has 2 amide bonds. The Morgan fingerprint density at radius 1 is 1.20 bits per heavy atom. The van der Waals surface area contributed by atoms with E-state index in [1.807, 2.05) is 19.1 Å². The van der Waals surface area contributed by atoms with Crippen molar-refractivity contribution in [3.05, 3.63) is 58.0 Å². The molecule has 25 heavy (non-hydrogen) atoms. The minimum Gasteiger partial charge on any atom is -0.464 e. The van der Waals surface area contributed by atoms with E-state index in [9.17, 15) is 14.9 Å². The molecule has 1 aliphatic rings. The van der Waals surface area contributed by atoms with Gasteiger partial charge in [-0.05, 0) is 44.0 Å². The number of carbonyl (C=O) groups excluding carboxylic acids is 1. The molecule has 1 aliphatic heterocycles. The Bertz CT molecular complexity index is 754. The SMILES string of the molecule is Cc1ccc([C@@H]2CCCCCN2C(=O)Nc2ccc([N+](=O)[O-])cc2)o1. The fourth-order valence-corrected chi connectivity index (χ4v) is 3.14. The molecular weight excluding hydrogens is 322 g/mol. The maximum Gasteiger partial charge on any atom is 0.322 e. The van der Waals surface area contributed by atoms with Gasteiger partial charge in [-0.3, -0.25) is 10.1 Å². The van der Waals surface area contributed by atoms with Crippen molar-refractivity contribution in [2.75, 3.05) is 11.9 Å². The lowest BCUT2D eigenvalue weighted by Gasteiger charge is -2.28. The molecule has 2 heterocycles. The van der Waals surface area contributed by atoms with E-state index in [0.29, 0.717) is 12.2 Å². The molecule has 1 saturated heterocycles. The van der Waals surface area contributed by atoms with Gasteiger partial charge in [-0.2, -0.15) is 0 Å². The van der Waals surface area contributed by atoms with Crippen LogP contribution in [0.2, 0.25) is 0 Å². The predicted octanol–water partition coefficient (Wildman–Crippen LogP) is 4.65. The molecule has 1 atom stereocenters. The highest BCUT2D eigenvalue weighted by Gasteiger charge is 2.29. The number of hydrogen-bond acceptors (Lipinski definition) is 4. The van der Waals surface area contributed by atoms with Crippen molar-refractivity contribution in [3.63, 3.8) is 0 Å². The van der Waals surface area contributed by atoms with Crippen molar-refractivity contribution in [1.29, 1.82) is 0 Å². The third kappa shape index (κ3) is 3.99. The Hall–Kier alpha value is -2.83.